The number of furan rings is 1. The Kier molecular flexibility index (Phi) is 5.95. The maximum Gasteiger partial charge on any atom is 0.252 e. The molecular weight excluding hydrogens is 376 g/mol. The molecule has 3 aromatic rings. The van der Waals surface area contributed by atoms with Gasteiger partial charge in [0.05, 0.1) is 35.1 Å². The molecule has 6 nitrogen and oxygen atoms in total. The molecule has 1 saturated carbocycles. The number of amides is 1. The predicted molar refractivity (Wildman–Crippen MR) is 107 cm³/mol. The zero-order chi connectivity index (χ0) is 19.3. The number of ether oxygens (including phenoxy) is 1. The number of hydrogen-bond acceptors (Lipinski definition) is 6. The summed E-state index contributed by atoms with van der Waals surface area (Å²) in [6.45, 7) is 0.532. The maximum atomic E-state index is 12.6. The number of fused-ring (bicyclic) bond motifs is 1. The van der Waals surface area contributed by atoms with Crippen LogP contribution < -0.4 is 5.32 Å². The first-order chi connectivity index (χ1) is 13.7. The lowest BCUT2D eigenvalue weighted by molar-refractivity contribution is 0.0328. The molecule has 4 rings (SSSR count). The standard InChI is InChI=1S/C21H22N2O4S/c24-15(11-26-12-16-4-3-9-27-16)13-28-20-10-18(21(25)22-14-7-8-14)17-5-1-2-6-19(17)23-20/h1-6,9-10,14-15,24H,7-8,11-13H2,(H,22,25)/t15-/m0/s1. The van der Waals surface area contributed by atoms with Crippen molar-refractivity contribution in [1.29, 1.82) is 0 Å². The number of aliphatic hydroxyl groups excluding tert-OH is 1. The van der Waals surface area contributed by atoms with E-state index >= 15 is 0 Å². The lowest BCUT2D eigenvalue weighted by Crippen LogP contribution is -2.25. The van der Waals surface area contributed by atoms with E-state index < -0.39 is 6.10 Å². The number of carbonyl (C=O) groups excluding carboxylic acids is 1. The number of nitrogens with one attached hydrogen (secondary N) is 1. The Morgan fingerprint density at radius 1 is 1.32 bits per heavy atom. The van der Waals surface area contributed by atoms with Gasteiger partial charge in [-0.05, 0) is 37.1 Å². The molecule has 0 saturated heterocycles. The largest absolute Gasteiger partial charge is 0.467 e. The Hall–Kier alpha value is -2.35. The second-order valence-corrected chi connectivity index (χ2v) is 7.87. The molecule has 1 amide bonds. The van der Waals surface area contributed by atoms with Gasteiger partial charge in [-0.3, -0.25) is 4.79 Å². The number of pyridine rings is 1. The SMILES string of the molecule is O=C(NC1CC1)c1cc(SC[C@@H](O)COCc2ccco2)nc2ccccc12. The highest BCUT2D eigenvalue weighted by molar-refractivity contribution is 7.99. The molecule has 0 spiro atoms. The van der Waals surface area contributed by atoms with Crippen LogP contribution in [-0.4, -0.2) is 40.5 Å². The summed E-state index contributed by atoms with van der Waals surface area (Å²) in [5.74, 6) is 1.08. The molecule has 0 bridgehead atoms. The van der Waals surface area contributed by atoms with Crippen LogP contribution >= 0.6 is 11.8 Å². The van der Waals surface area contributed by atoms with Gasteiger partial charge in [0, 0.05) is 17.2 Å². The van der Waals surface area contributed by atoms with E-state index in [1.807, 2.05) is 30.3 Å². The van der Waals surface area contributed by atoms with Crippen molar-refractivity contribution in [2.24, 2.45) is 0 Å². The van der Waals surface area contributed by atoms with Gasteiger partial charge in [0.25, 0.3) is 5.91 Å². The van der Waals surface area contributed by atoms with Crippen molar-refractivity contribution in [2.75, 3.05) is 12.4 Å². The quantitative estimate of drug-likeness (QED) is 0.538. The van der Waals surface area contributed by atoms with Gasteiger partial charge in [0.2, 0.25) is 0 Å². The molecule has 0 radical (unpaired) electrons. The minimum atomic E-state index is -0.642. The molecule has 1 aromatic carbocycles. The van der Waals surface area contributed by atoms with Gasteiger partial charge in [0.1, 0.15) is 12.4 Å². The van der Waals surface area contributed by atoms with Gasteiger partial charge < -0.3 is 19.6 Å². The van der Waals surface area contributed by atoms with Crippen LogP contribution in [0.2, 0.25) is 0 Å². The van der Waals surface area contributed by atoms with Crippen LogP contribution in [0, 0.1) is 0 Å². The fraction of sp³-hybridized carbons (Fsp3) is 0.333. The van der Waals surface area contributed by atoms with Crippen LogP contribution in [0.4, 0.5) is 0 Å². The average Bonchev–Trinajstić information content (AvgIpc) is 3.36. The number of hydrogen-bond donors (Lipinski definition) is 2. The van der Waals surface area contributed by atoms with E-state index in [0.717, 1.165) is 29.5 Å². The van der Waals surface area contributed by atoms with E-state index in [-0.39, 0.29) is 12.5 Å². The lowest BCUT2D eigenvalue weighted by atomic mass is 10.1. The summed E-state index contributed by atoms with van der Waals surface area (Å²) in [5, 5.41) is 14.8. The summed E-state index contributed by atoms with van der Waals surface area (Å²) in [5.41, 5.74) is 1.40. The first-order valence-electron chi connectivity index (χ1n) is 9.30. The Morgan fingerprint density at radius 3 is 2.96 bits per heavy atom. The fourth-order valence-corrected chi connectivity index (χ4v) is 3.65. The topological polar surface area (TPSA) is 84.6 Å². The molecule has 2 aromatic heterocycles. The number of rotatable bonds is 9. The smallest absolute Gasteiger partial charge is 0.252 e. The summed E-state index contributed by atoms with van der Waals surface area (Å²) < 4.78 is 10.7. The van der Waals surface area contributed by atoms with Crippen molar-refractivity contribution in [3.05, 3.63) is 60.1 Å². The third-order valence-corrected chi connectivity index (χ3v) is 5.46. The first kappa shape index (κ1) is 19.0. The number of benzene rings is 1. The number of thioether (sulfide) groups is 1. The van der Waals surface area contributed by atoms with Crippen LogP contribution in [0.15, 0.2) is 58.2 Å². The van der Waals surface area contributed by atoms with Gasteiger partial charge in [0.15, 0.2) is 0 Å². The van der Waals surface area contributed by atoms with Crippen LogP contribution in [0.25, 0.3) is 10.9 Å². The van der Waals surface area contributed by atoms with Gasteiger partial charge in [-0.1, -0.05) is 18.2 Å². The molecule has 1 aliphatic carbocycles. The van der Waals surface area contributed by atoms with Gasteiger partial charge in [-0.2, -0.15) is 0 Å². The predicted octanol–water partition coefficient (Wildman–Crippen LogP) is 3.39. The van der Waals surface area contributed by atoms with Crippen molar-refractivity contribution < 1.29 is 19.1 Å². The number of carbonyl (C=O) groups is 1. The summed E-state index contributed by atoms with van der Waals surface area (Å²) >= 11 is 1.41. The van der Waals surface area contributed by atoms with Crippen molar-refractivity contribution in [3.8, 4) is 0 Å². The van der Waals surface area contributed by atoms with Gasteiger partial charge >= 0.3 is 0 Å². The Bertz CT molecular complexity index is 941. The average molecular weight is 398 g/mol. The molecule has 2 heterocycles. The normalized spacial score (nSPS) is 14.9. The fourth-order valence-electron chi connectivity index (χ4n) is 2.82. The van der Waals surface area contributed by atoms with Crippen LogP contribution in [0.1, 0.15) is 29.0 Å². The number of nitrogens with zero attached hydrogens (tertiary/aromatic N) is 1. The molecule has 0 unspecified atom stereocenters. The van der Waals surface area contributed by atoms with Crippen LogP contribution in [0.5, 0.6) is 0 Å². The van der Waals surface area contributed by atoms with Crippen LogP contribution in [0.3, 0.4) is 0 Å². The van der Waals surface area contributed by atoms with E-state index in [1.165, 1.54) is 11.8 Å². The number of para-hydroxylation sites is 1. The maximum absolute atomic E-state index is 12.6. The van der Waals surface area contributed by atoms with E-state index in [4.69, 9.17) is 9.15 Å². The van der Waals surface area contributed by atoms with Crippen molar-refractivity contribution in [3.63, 3.8) is 0 Å². The van der Waals surface area contributed by atoms with E-state index in [2.05, 4.69) is 10.3 Å². The first-order valence-corrected chi connectivity index (χ1v) is 10.3. The van der Waals surface area contributed by atoms with Gasteiger partial charge in [-0.25, -0.2) is 4.98 Å². The third kappa shape index (κ3) is 4.92. The summed E-state index contributed by atoms with van der Waals surface area (Å²) in [4.78, 5) is 17.2. The number of aliphatic hydroxyl groups is 1. The Morgan fingerprint density at radius 2 is 2.18 bits per heavy atom. The highest BCUT2D eigenvalue weighted by Crippen LogP contribution is 2.26. The Balaban J connectivity index is 1.39. The van der Waals surface area contributed by atoms with Crippen molar-refractivity contribution in [2.45, 2.75) is 36.6 Å². The second-order valence-electron chi connectivity index (χ2n) is 6.83. The van der Waals surface area contributed by atoms with E-state index in [9.17, 15) is 9.90 Å². The molecule has 0 aliphatic heterocycles. The lowest BCUT2D eigenvalue weighted by Gasteiger charge is -2.12. The molecule has 1 aliphatic rings. The van der Waals surface area contributed by atoms with Crippen LogP contribution in [-0.2, 0) is 11.3 Å². The molecule has 28 heavy (non-hydrogen) atoms. The highest BCUT2D eigenvalue weighted by Gasteiger charge is 2.25. The highest BCUT2D eigenvalue weighted by atomic mass is 32.2. The third-order valence-electron chi connectivity index (χ3n) is 4.41. The van der Waals surface area contributed by atoms with E-state index in [0.29, 0.717) is 29.0 Å². The minimum Gasteiger partial charge on any atom is -0.467 e. The monoisotopic (exact) mass is 398 g/mol. The van der Waals surface area contributed by atoms with Crippen molar-refractivity contribution >= 4 is 28.6 Å². The number of aromatic nitrogens is 1. The molecular formula is C21H22N2O4S. The Labute approximate surface area is 167 Å². The zero-order valence-electron chi connectivity index (χ0n) is 15.3. The summed E-state index contributed by atoms with van der Waals surface area (Å²) in [6.07, 6.45) is 3.03. The zero-order valence-corrected chi connectivity index (χ0v) is 16.2. The molecule has 7 heteroatoms. The molecule has 1 atom stereocenters. The van der Waals surface area contributed by atoms with E-state index in [1.54, 1.807) is 18.4 Å². The van der Waals surface area contributed by atoms with Crippen molar-refractivity contribution in [1.82, 2.24) is 10.3 Å². The molecule has 2 N–H and O–H groups in total. The molecule has 1 fully saturated rings. The second kappa shape index (κ2) is 8.77. The minimum absolute atomic E-state index is 0.0646. The summed E-state index contributed by atoms with van der Waals surface area (Å²) in [6, 6.07) is 13.4. The summed E-state index contributed by atoms with van der Waals surface area (Å²) in [7, 11) is 0. The molecule has 146 valence electrons. The van der Waals surface area contributed by atoms with Gasteiger partial charge in [-0.15, -0.1) is 11.8 Å².